The monoisotopic (exact) mass is 406 g/mol. The van der Waals surface area contributed by atoms with Gasteiger partial charge in [-0.2, -0.15) is 0 Å². The Kier molecular flexibility index (Phi) is 7.44. The van der Waals surface area contributed by atoms with E-state index in [4.69, 9.17) is 10.9 Å². The Hall–Kier alpha value is -3.34. The van der Waals surface area contributed by atoms with Crippen molar-refractivity contribution in [3.63, 3.8) is 0 Å². The van der Waals surface area contributed by atoms with Crippen LogP contribution in [0.15, 0.2) is 54.6 Å². The van der Waals surface area contributed by atoms with Crippen molar-refractivity contribution in [2.24, 2.45) is 5.73 Å². The normalized spacial score (nSPS) is 14.9. The highest BCUT2D eigenvalue weighted by molar-refractivity contribution is 5.86. The van der Waals surface area contributed by atoms with Crippen LogP contribution in [0.25, 0.3) is 0 Å². The summed E-state index contributed by atoms with van der Waals surface area (Å²) >= 11 is 0. The first kappa shape index (κ1) is 21.4. The maximum Gasteiger partial charge on any atom is 0.318 e. The van der Waals surface area contributed by atoms with E-state index < -0.39 is 11.9 Å². The summed E-state index contributed by atoms with van der Waals surface area (Å²) in [5.41, 5.74) is 10.2. The summed E-state index contributed by atoms with van der Waals surface area (Å²) in [5.74, 6) is 5.98. The third-order valence-electron chi connectivity index (χ3n) is 5.25. The molecule has 1 heterocycles. The second-order valence-electron chi connectivity index (χ2n) is 7.21. The molecule has 0 radical (unpaired) electrons. The number of hydrogen-bond acceptors (Lipinski definition) is 4. The highest BCUT2D eigenvalue weighted by atomic mass is 16.5. The van der Waals surface area contributed by atoms with Gasteiger partial charge in [-0.1, -0.05) is 42.2 Å². The van der Waals surface area contributed by atoms with E-state index in [1.807, 2.05) is 42.5 Å². The van der Waals surface area contributed by atoms with E-state index in [9.17, 15) is 9.59 Å². The summed E-state index contributed by atoms with van der Waals surface area (Å²) in [6.45, 7) is 1.09. The van der Waals surface area contributed by atoms with Gasteiger partial charge in [0.15, 0.2) is 0 Å². The van der Waals surface area contributed by atoms with Crippen molar-refractivity contribution in [3.8, 4) is 11.8 Å². The van der Waals surface area contributed by atoms with Gasteiger partial charge in [-0.25, -0.2) is 10.3 Å². The van der Waals surface area contributed by atoms with Crippen molar-refractivity contribution in [1.82, 2.24) is 15.7 Å². The van der Waals surface area contributed by atoms with Crippen LogP contribution in [0.4, 0.5) is 4.79 Å². The van der Waals surface area contributed by atoms with E-state index in [0.29, 0.717) is 19.0 Å². The fraction of sp³-hybridized carbons (Fsp3) is 0.304. The van der Waals surface area contributed by atoms with Crippen LogP contribution in [0.1, 0.15) is 35.4 Å². The largest absolute Gasteiger partial charge is 0.328 e. The third kappa shape index (κ3) is 5.60. The summed E-state index contributed by atoms with van der Waals surface area (Å²) in [4.78, 5) is 25.5. The smallest absolute Gasteiger partial charge is 0.318 e. The van der Waals surface area contributed by atoms with Crippen molar-refractivity contribution < 1.29 is 14.8 Å². The van der Waals surface area contributed by atoms with Gasteiger partial charge in [0.1, 0.15) is 6.04 Å². The molecule has 0 aromatic heterocycles. The van der Waals surface area contributed by atoms with Gasteiger partial charge in [-0.15, -0.1) is 0 Å². The zero-order valence-corrected chi connectivity index (χ0v) is 16.7. The van der Waals surface area contributed by atoms with Gasteiger partial charge < -0.3 is 16.0 Å². The molecule has 156 valence electrons. The summed E-state index contributed by atoms with van der Waals surface area (Å²) in [5, 5.41) is 11.3. The Balaban J connectivity index is 1.53. The summed E-state index contributed by atoms with van der Waals surface area (Å²) in [7, 11) is 0. The van der Waals surface area contributed by atoms with Crippen LogP contribution in [-0.2, 0) is 4.79 Å². The molecule has 3 rings (SSSR count). The standard InChI is InChI=1S/C23H26N4O3/c24-16-21(22(28)26-30)25-23(29)27-14-12-20(13-15-27)19-10-8-18(9-11-19)7-6-17-4-2-1-3-5-17/h1-5,8-11,20-21,30H,12-16,24H2,(H,25,29)(H,26,28)/t21-/m0/s1. The number of nitrogens with two attached hydrogens (primary N) is 1. The van der Waals surface area contributed by atoms with Crippen LogP contribution in [0.2, 0.25) is 0 Å². The van der Waals surface area contributed by atoms with Crippen molar-refractivity contribution in [1.29, 1.82) is 0 Å². The van der Waals surface area contributed by atoms with Gasteiger partial charge in [0.25, 0.3) is 5.91 Å². The van der Waals surface area contributed by atoms with Crippen LogP contribution in [0, 0.1) is 11.8 Å². The number of benzene rings is 2. The lowest BCUT2D eigenvalue weighted by Gasteiger charge is -2.33. The molecule has 1 atom stereocenters. The van der Waals surface area contributed by atoms with Gasteiger partial charge in [0.05, 0.1) is 0 Å². The Morgan fingerprint density at radius 3 is 2.20 bits per heavy atom. The van der Waals surface area contributed by atoms with Crippen LogP contribution in [0.5, 0.6) is 0 Å². The molecular weight excluding hydrogens is 380 g/mol. The minimum atomic E-state index is -0.954. The Morgan fingerprint density at radius 2 is 1.63 bits per heavy atom. The van der Waals surface area contributed by atoms with E-state index in [1.54, 1.807) is 4.90 Å². The lowest BCUT2D eigenvalue weighted by molar-refractivity contribution is -0.130. The quantitative estimate of drug-likeness (QED) is 0.353. The van der Waals surface area contributed by atoms with Crippen molar-refractivity contribution in [3.05, 3.63) is 71.3 Å². The summed E-state index contributed by atoms with van der Waals surface area (Å²) in [6.07, 6.45) is 1.67. The predicted octanol–water partition coefficient (Wildman–Crippen LogP) is 1.81. The fourth-order valence-electron chi connectivity index (χ4n) is 3.47. The molecule has 0 saturated carbocycles. The number of rotatable bonds is 4. The Morgan fingerprint density at radius 1 is 1.03 bits per heavy atom. The molecular formula is C23H26N4O3. The molecule has 30 heavy (non-hydrogen) atoms. The number of nitrogens with zero attached hydrogens (tertiary/aromatic N) is 1. The molecule has 0 spiro atoms. The number of amides is 3. The fourth-order valence-corrected chi connectivity index (χ4v) is 3.47. The summed E-state index contributed by atoms with van der Waals surface area (Å²) < 4.78 is 0. The van der Waals surface area contributed by atoms with E-state index in [2.05, 4.69) is 29.3 Å². The van der Waals surface area contributed by atoms with Gasteiger partial charge in [-0.3, -0.25) is 10.0 Å². The molecule has 2 aromatic carbocycles. The van der Waals surface area contributed by atoms with E-state index >= 15 is 0 Å². The number of carbonyl (C=O) groups is 2. The van der Waals surface area contributed by atoms with Crippen LogP contribution < -0.4 is 16.5 Å². The first-order valence-electron chi connectivity index (χ1n) is 9.97. The second-order valence-corrected chi connectivity index (χ2v) is 7.21. The highest BCUT2D eigenvalue weighted by Gasteiger charge is 2.26. The number of urea groups is 1. The SMILES string of the molecule is NC[C@H](NC(=O)N1CCC(c2ccc(C#Cc3ccccc3)cc2)CC1)C(=O)NO. The minimum absolute atomic E-state index is 0.0892. The van der Waals surface area contributed by atoms with Crippen molar-refractivity contribution in [2.75, 3.05) is 19.6 Å². The molecule has 1 saturated heterocycles. The molecule has 0 bridgehead atoms. The Bertz CT molecular complexity index is 911. The van der Waals surface area contributed by atoms with Gasteiger partial charge in [-0.05, 0) is 48.6 Å². The maximum absolute atomic E-state index is 12.3. The lowest BCUT2D eigenvalue weighted by Crippen LogP contribution is -2.54. The zero-order valence-electron chi connectivity index (χ0n) is 16.7. The summed E-state index contributed by atoms with van der Waals surface area (Å²) in [6, 6.07) is 16.8. The molecule has 0 unspecified atom stereocenters. The van der Waals surface area contributed by atoms with Crippen molar-refractivity contribution >= 4 is 11.9 Å². The van der Waals surface area contributed by atoms with E-state index in [-0.39, 0.29) is 12.6 Å². The van der Waals surface area contributed by atoms with Gasteiger partial charge in [0, 0.05) is 30.8 Å². The predicted molar refractivity (Wildman–Crippen MR) is 114 cm³/mol. The van der Waals surface area contributed by atoms with Crippen LogP contribution in [0.3, 0.4) is 0 Å². The molecule has 3 amide bonds. The first-order valence-corrected chi connectivity index (χ1v) is 9.97. The van der Waals surface area contributed by atoms with Crippen LogP contribution in [-0.4, -0.2) is 47.7 Å². The van der Waals surface area contributed by atoms with Gasteiger partial charge in [0.2, 0.25) is 0 Å². The second kappa shape index (κ2) is 10.4. The topological polar surface area (TPSA) is 108 Å². The molecule has 1 fully saturated rings. The average molecular weight is 406 g/mol. The van der Waals surface area contributed by atoms with E-state index in [1.165, 1.54) is 11.0 Å². The average Bonchev–Trinajstić information content (AvgIpc) is 2.81. The maximum atomic E-state index is 12.3. The number of carbonyl (C=O) groups excluding carboxylic acids is 2. The molecule has 0 aliphatic carbocycles. The minimum Gasteiger partial charge on any atom is -0.328 e. The molecule has 1 aliphatic heterocycles. The number of hydrogen-bond donors (Lipinski definition) is 4. The van der Waals surface area contributed by atoms with E-state index in [0.717, 1.165) is 24.0 Å². The third-order valence-corrected chi connectivity index (χ3v) is 5.25. The van der Waals surface area contributed by atoms with Gasteiger partial charge >= 0.3 is 6.03 Å². The Labute approximate surface area is 176 Å². The number of piperidine rings is 1. The number of nitrogens with one attached hydrogen (secondary N) is 2. The molecule has 5 N–H and O–H groups in total. The molecule has 7 nitrogen and oxygen atoms in total. The number of hydroxylamine groups is 1. The molecule has 2 aromatic rings. The number of likely N-dealkylation sites (tertiary alicyclic amines) is 1. The van der Waals surface area contributed by atoms with Crippen molar-refractivity contribution in [2.45, 2.75) is 24.8 Å². The molecule has 7 heteroatoms. The lowest BCUT2D eigenvalue weighted by atomic mass is 9.89. The van der Waals surface area contributed by atoms with Crippen LogP contribution >= 0.6 is 0 Å². The first-order chi connectivity index (χ1) is 14.6. The highest BCUT2D eigenvalue weighted by Crippen LogP contribution is 2.28. The molecule has 1 aliphatic rings. The zero-order chi connectivity index (χ0) is 21.3.